The van der Waals surface area contributed by atoms with Crippen molar-refractivity contribution in [2.75, 3.05) is 11.5 Å². The molecule has 5 nitrogen and oxygen atoms in total. The standard InChI is InChI=1S/C21H19ClN2O3/c22-17-8-1-4-11-20(17)27-14-12-21(26)24(15-16-7-5-6-13-23-16)18-9-2-3-10-19(18)25/h1-11,13,25H,12,14-15H2. The van der Waals surface area contributed by atoms with Crippen LogP contribution in [0.15, 0.2) is 72.9 Å². The molecule has 0 saturated carbocycles. The first-order valence-electron chi connectivity index (χ1n) is 8.51. The largest absolute Gasteiger partial charge is 0.506 e. The second-order valence-corrected chi connectivity index (χ2v) is 6.23. The Morgan fingerprint density at radius 2 is 1.78 bits per heavy atom. The van der Waals surface area contributed by atoms with Crippen LogP contribution in [-0.2, 0) is 11.3 Å². The maximum absolute atomic E-state index is 12.8. The van der Waals surface area contributed by atoms with E-state index in [0.717, 1.165) is 5.69 Å². The Morgan fingerprint density at radius 1 is 1.04 bits per heavy atom. The predicted octanol–water partition coefficient (Wildman–Crippen LogP) is 4.44. The minimum Gasteiger partial charge on any atom is -0.506 e. The van der Waals surface area contributed by atoms with Gasteiger partial charge in [-0.1, -0.05) is 41.9 Å². The van der Waals surface area contributed by atoms with Gasteiger partial charge >= 0.3 is 0 Å². The molecule has 138 valence electrons. The van der Waals surface area contributed by atoms with E-state index in [1.54, 1.807) is 42.6 Å². The molecule has 1 heterocycles. The number of aromatic nitrogens is 1. The number of phenols is 1. The predicted molar refractivity (Wildman–Crippen MR) is 105 cm³/mol. The van der Waals surface area contributed by atoms with Gasteiger partial charge in [-0.25, -0.2) is 0 Å². The van der Waals surface area contributed by atoms with Crippen molar-refractivity contribution in [1.82, 2.24) is 4.98 Å². The van der Waals surface area contributed by atoms with Crippen LogP contribution in [0.25, 0.3) is 0 Å². The van der Waals surface area contributed by atoms with Crippen LogP contribution >= 0.6 is 11.6 Å². The fourth-order valence-electron chi connectivity index (χ4n) is 2.60. The van der Waals surface area contributed by atoms with Crippen LogP contribution in [0, 0.1) is 0 Å². The highest BCUT2D eigenvalue weighted by Gasteiger charge is 2.19. The minimum atomic E-state index is -0.186. The summed E-state index contributed by atoms with van der Waals surface area (Å²) in [7, 11) is 0. The SMILES string of the molecule is O=C(CCOc1ccccc1Cl)N(Cc1ccccn1)c1ccccc1O. The lowest BCUT2D eigenvalue weighted by Gasteiger charge is -2.23. The molecular formula is C21H19ClN2O3. The highest BCUT2D eigenvalue weighted by Crippen LogP contribution is 2.28. The van der Waals surface area contributed by atoms with Crippen LogP contribution in [0.3, 0.4) is 0 Å². The zero-order chi connectivity index (χ0) is 19.1. The normalized spacial score (nSPS) is 10.4. The molecule has 0 aliphatic carbocycles. The molecule has 1 N–H and O–H groups in total. The van der Waals surface area contributed by atoms with E-state index in [1.165, 1.54) is 4.90 Å². The Balaban J connectivity index is 1.73. The van der Waals surface area contributed by atoms with Crippen LogP contribution in [0.4, 0.5) is 5.69 Å². The highest BCUT2D eigenvalue weighted by atomic mass is 35.5. The Morgan fingerprint density at radius 3 is 2.52 bits per heavy atom. The number of pyridine rings is 1. The smallest absolute Gasteiger partial charge is 0.230 e. The van der Waals surface area contributed by atoms with E-state index in [0.29, 0.717) is 16.5 Å². The highest BCUT2D eigenvalue weighted by molar-refractivity contribution is 6.32. The second kappa shape index (κ2) is 9.05. The van der Waals surface area contributed by atoms with Crippen LogP contribution in [-0.4, -0.2) is 22.6 Å². The molecule has 0 aliphatic rings. The number of hydrogen-bond acceptors (Lipinski definition) is 4. The molecule has 0 bridgehead atoms. The molecule has 27 heavy (non-hydrogen) atoms. The van der Waals surface area contributed by atoms with Crippen LogP contribution in [0.2, 0.25) is 5.02 Å². The van der Waals surface area contributed by atoms with Gasteiger partial charge in [0.15, 0.2) is 0 Å². The third kappa shape index (κ3) is 4.99. The van der Waals surface area contributed by atoms with Crippen molar-refractivity contribution >= 4 is 23.2 Å². The molecule has 3 aromatic rings. The number of aromatic hydroxyl groups is 1. The summed E-state index contributed by atoms with van der Waals surface area (Å²) in [4.78, 5) is 18.6. The number of hydrogen-bond donors (Lipinski definition) is 1. The fourth-order valence-corrected chi connectivity index (χ4v) is 2.79. The molecule has 0 radical (unpaired) electrons. The number of nitrogens with zero attached hydrogens (tertiary/aromatic N) is 2. The zero-order valence-electron chi connectivity index (χ0n) is 14.6. The quantitative estimate of drug-likeness (QED) is 0.656. The third-order valence-electron chi connectivity index (χ3n) is 3.93. The molecule has 0 atom stereocenters. The maximum Gasteiger partial charge on any atom is 0.230 e. The number of anilines is 1. The van der Waals surface area contributed by atoms with Crippen molar-refractivity contribution < 1.29 is 14.6 Å². The van der Waals surface area contributed by atoms with E-state index in [1.807, 2.05) is 30.3 Å². The molecule has 1 aromatic heterocycles. The summed E-state index contributed by atoms with van der Waals surface area (Å²) in [5, 5.41) is 10.7. The minimum absolute atomic E-state index is 0.0359. The van der Waals surface area contributed by atoms with Gasteiger partial charge < -0.3 is 14.7 Å². The number of halogens is 1. The van der Waals surface area contributed by atoms with Gasteiger partial charge in [0.05, 0.1) is 36.0 Å². The van der Waals surface area contributed by atoms with Gasteiger partial charge in [0.1, 0.15) is 11.5 Å². The number of carbonyl (C=O) groups excluding carboxylic acids is 1. The van der Waals surface area contributed by atoms with E-state index in [2.05, 4.69) is 4.98 Å². The summed E-state index contributed by atoms with van der Waals surface area (Å²) in [5.74, 6) is 0.383. The summed E-state index contributed by atoms with van der Waals surface area (Å²) in [5.41, 5.74) is 1.16. The molecule has 0 saturated heterocycles. The average Bonchev–Trinajstić information content (AvgIpc) is 2.69. The number of ether oxygens (including phenoxy) is 1. The average molecular weight is 383 g/mol. The number of para-hydroxylation sites is 3. The lowest BCUT2D eigenvalue weighted by molar-refractivity contribution is -0.119. The van der Waals surface area contributed by atoms with Crippen molar-refractivity contribution in [3.63, 3.8) is 0 Å². The topological polar surface area (TPSA) is 62.7 Å². The van der Waals surface area contributed by atoms with Crippen LogP contribution in [0.1, 0.15) is 12.1 Å². The van der Waals surface area contributed by atoms with E-state index < -0.39 is 0 Å². The lowest BCUT2D eigenvalue weighted by Crippen LogP contribution is -2.31. The Kier molecular flexibility index (Phi) is 6.28. The van der Waals surface area contributed by atoms with Crippen LogP contribution in [0.5, 0.6) is 11.5 Å². The van der Waals surface area contributed by atoms with Crippen LogP contribution < -0.4 is 9.64 Å². The molecule has 0 aliphatic heterocycles. The van der Waals surface area contributed by atoms with E-state index in [4.69, 9.17) is 16.3 Å². The number of phenolic OH excluding ortho intramolecular Hbond substituents is 1. The Labute approximate surface area is 162 Å². The molecule has 6 heteroatoms. The first-order chi connectivity index (χ1) is 13.1. The van der Waals surface area contributed by atoms with Crippen molar-refractivity contribution in [1.29, 1.82) is 0 Å². The van der Waals surface area contributed by atoms with E-state index in [9.17, 15) is 9.90 Å². The van der Waals surface area contributed by atoms with Gasteiger partial charge in [0, 0.05) is 6.20 Å². The van der Waals surface area contributed by atoms with Crippen molar-refractivity contribution in [3.05, 3.63) is 83.6 Å². The van der Waals surface area contributed by atoms with Gasteiger partial charge in [0.2, 0.25) is 5.91 Å². The fraction of sp³-hybridized carbons (Fsp3) is 0.143. The van der Waals surface area contributed by atoms with Gasteiger partial charge in [-0.15, -0.1) is 0 Å². The number of rotatable bonds is 7. The number of carbonyl (C=O) groups is 1. The lowest BCUT2D eigenvalue weighted by atomic mass is 10.2. The Hall–Kier alpha value is -3.05. The first kappa shape index (κ1) is 18.7. The number of benzene rings is 2. The van der Waals surface area contributed by atoms with Crippen molar-refractivity contribution in [2.45, 2.75) is 13.0 Å². The molecule has 1 amide bonds. The van der Waals surface area contributed by atoms with E-state index >= 15 is 0 Å². The monoisotopic (exact) mass is 382 g/mol. The summed E-state index contributed by atoms with van der Waals surface area (Å²) < 4.78 is 5.62. The second-order valence-electron chi connectivity index (χ2n) is 5.82. The van der Waals surface area contributed by atoms with Crippen molar-refractivity contribution in [2.24, 2.45) is 0 Å². The summed E-state index contributed by atoms with van der Waals surface area (Å²) in [6, 6.07) is 19.3. The zero-order valence-corrected chi connectivity index (χ0v) is 15.3. The summed E-state index contributed by atoms with van der Waals surface area (Å²) in [6.45, 7) is 0.429. The van der Waals surface area contributed by atoms with Gasteiger partial charge in [-0.05, 0) is 36.4 Å². The first-order valence-corrected chi connectivity index (χ1v) is 8.88. The molecule has 0 spiro atoms. The summed E-state index contributed by atoms with van der Waals surface area (Å²) in [6.07, 6.45) is 1.80. The van der Waals surface area contributed by atoms with Gasteiger partial charge in [0.25, 0.3) is 0 Å². The molecule has 2 aromatic carbocycles. The molecular weight excluding hydrogens is 364 g/mol. The van der Waals surface area contributed by atoms with Crippen molar-refractivity contribution in [3.8, 4) is 11.5 Å². The molecule has 3 rings (SSSR count). The Bertz CT molecular complexity index is 903. The molecule has 0 unspecified atom stereocenters. The van der Waals surface area contributed by atoms with Gasteiger partial charge in [-0.2, -0.15) is 0 Å². The molecule has 0 fully saturated rings. The summed E-state index contributed by atoms with van der Waals surface area (Å²) >= 11 is 6.06. The number of amides is 1. The van der Waals surface area contributed by atoms with Gasteiger partial charge in [-0.3, -0.25) is 9.78 Å². The maximum atomic E-state index is 12.8. The van der Waals surface area contributed by atoms with E-state index in [-0.39, 0.29) is 31.2 Å². The third-order valence-corrected chi connectivity index (χ3v) is 4.24.